The Hall–Kier alpha value is -5.75. The number of benzene rings is 5. The van der Waals surface area contributed by atoms with E-state index in [0.717, 1.165) is 33.7 Å². The summed E-state index contributed by atoms with van der Waals surface area (Å²) < 4.78 is 18.6. The summed E-state index contributed by atoms with van der Waals surface area (Å²) in [5.74, 6) is 0.531. The molecule has 59 heavy (non-hydrogen) atoms. The van der Waals surface area contributed by atoms with Gasteiger partial charge in [0.05, 0.1) is 59.7 Å². The van der Waals surface area contributed by atoms with E-state index in [2.05, 4.69) is 43.5 Å². The number of amides is 3. The van der Waals surface area contributed by atoms with Crippen LogP contribution in [0, 0.1) is 5.92 Å². The maximum atomic E-state index is 15.4. The van der Waals surface area contributed by atoms with Gasteiger partial charge in [-0.1, -0.05) is 91.9 Å². The SMILES string of the molecule is COc1ccc([Si](C)(C)[C@H]2[C@H](CC(=O)N3Cc4ccccc4C[C@H]3CO)O[C@@]3(C(=O)N(Cc4ccc(NC(=O)c5ccccc5)cc4)c4ccc(OC)cc43)[C@@H]2C)cc1. The van der Waals surface area contributed by atoms with Crippen molar-refractivity contribution in [3.8, 4) is 11.5 Å². The number of nitrogens with one attached hydrogen (secondary N) is 1. The molecule has 10 nitrogen and oxygen atoms in total. The number of methoxy groups -OCH3 is 2. The van der Waals surface area contributed by atoms with Crippen LogP contribution in [0.5, 0.6) is 11.5 Å². The second kappa shape index (κ2) is 16.1. The quantitative estimate of drug-likeness (QED) is 0.137. The van der Waals surface area contributed by atoms with Crippen LogP contribution < -0.4 is 24.9 Å². The summed E-state index contributed by atoms with van der Waals surface area (Å²) in [6, 6.07) is 38.1. The van der Waals surface area contributed by atoms with E-state index in [-0.39, 0.29) is 54.8 Å². The Morgan fingerprint density at radius 1 is 0.864 bits per heavy atom. The van der Waals surface area contributed by atoms with Crippen LogP contribution in [0.1, 0.15) is 46.0 Å². The Bertz CT molecular complexity index is 2350. The molecule has 5 atom stereocenters. The molecule has 0 aromatic heterocycles. The molecule has 5 aromatic carbocycles. The Kier molecular flexibility index (Phi) is 10.9. The predicted molar refractivity (Wildman–Crippen MR) is 231 cm³/mol. The maximum absolute atomic E-state index is 15.4. The molecule has 8 rings (SSSR count). The lowest BCUT2D eigenvalue weighted by atomic mass is 9.82. The minimum absolute atomic E-state index is 0.0603. The number of rotatable bonds is 11. The van der Waals surface area contributed by atoms with Crippen molar-refractivity contribution in [1.29, 1.82) is 0 Å². The Balaban J connectivity index is 1.15. The van der Waals surface area contributed by atoms with Crippen LogP contribution >= 0.6 is 0 Å². The molecule has 0 bridgehead atoms. The molecule has 0 saturated carbocycles. The molecule has 1 fully saturated rings. The molecule has 0 aliphatic carbocycles. The molecule has 0 unspecified atom stereocenters. The number of carbonyl (C=O) groups excluding carboxylic acids is 3. The third kappa shape index (κ3) is 7.21. The molecule has 1 spiro atoms. The molecule has 1 saturated heterocycles. The molecule has 3 heterocycles. The van der Waals surface area contributed by atoms with E-state index in [4.69, 9.17) is 14.2 Å². The number of nitrogens with zero attached hydrogens (tertiary/aromatic N) is 2. The minimum Gasteiger partial charge on any atom is -0.497 e. The fourth-order valence-electron chi connectivity index (χ4n) is 9.78. The number of hydrogen-bond donors (Lipinski definition) is 2. The van der Waals surface area contributed by atoms with E-state index in [0.29, 0.717) is 30.0 Å². The summed E-state index contributed by atoms with van der Waals surface area (Å²) in [5, 5.41) is 14.6. The summed E-state index contributed by atoms with van der Waals surface area (Å²) >= 11 is 0. The van der Waals surface area contributed by atoms with Gasteiger partial charge in [-0.2, -0.15) is 0 Å². The summed E-state index contributed by atoms with van der Waals surface area (Å²) in [5.41, 5.74) is 4.18. The van der Waals surface area contributed by atoms with Crippen molar-refractivity contribution in [1.82, 2.24) is 4.90 Å². The highest BCUT2D eigenvalue weighted by molar-refractivity contribution is 6.91. The number of carbonyl (C=O) groups is 3. The van der Waals surface area contributed by atoms with Gasteiger partial charge in [-0.3, -0.25) is 14.4 Å². The zero-order chi connectivity index (χ0) is 41.5. The standard InChI is InChI=1S/C48H51N3O7Si/c1-31-45(59(4,5)40-22-19-38(56-2)20-23-40)43(27-44(53)50-29-35-14-10-9-13-34(35)25-37(50)30-52)58-48(31)41-26-39(57-3)21-24-42(41)51(47(48)55)28-32-15-17-36(18-16-32)49-46(54)33-11-7-6-8-12-33/h6-24,26,31,37,43,45,52H,25,27-30H2,1-5H3,(H,49,54)/t31-,37+,43+,45-,48+/m1/s1. The largest absolute Gasteiger partial charge is 0.497 e. The lowest BCUT2D eigenvalue weighted by Gasteiger charge is -2.39. The Morgan fingerprint density at radius 2 is 1.53 bits per heavy atom. The van der Waals surface area contributed by atoms with E-state index in [1.165, 1.54) is 5.19 Å². The molecule has 304 valence electrons. The van der Waals surface area contributed by atoms with Crippen LogP contribution in [0.2, 0.25) is 18.6 Å². The summed E-state index contributed by atoms with van der Waals surface area (Å²) in [6.07, 6.45) is 0.0270. The number of anilines is 2. The van der Waals surface area contributed by atoms with Gasteiger partial charge in [-0.05, 0) is 83.2 Å². The summed E-state index contributed by atoms with van der Waals surface area (Å²) in [6.45, 7) is 7.22. The van der Waals surface area contributed by atoms with Gasteiger partial charge in [0, 0.05) is 29.3 Å². The molecule has 2 N–H and O–H groups in total. The number of aliphatic hydroxyl groups is 1. The zero-order valence-corrected chi connectivity index (χ0v) is 35.2. The van der Waals surface area contributed by atoms with Crippen LogP contribution in [0.4, 0.5) is 11.4 Å². The van der Waals surface area contributed by atoms with Gasteiger partial charge in [-0.15, -0.1) is 0 Å². The van der Waals surface area contributed by atoms with Gasteiger partial charge in [0.2, 0.25) is 5.91 Å². The highest BCUT2D eigenvalue weighted by Gasteiger charge is 2.66. The third-order valence-corrected chi connectivity index (χ3v) is 17.3. The molecule has 3 aliphatic rings. The lowest BCUT2D eigenvalue weighted by molar-refractivity contribution is -0.151. The van der Waals surface area contributed by atoms with Crippen LogP contribution in [0.25, 0.3) is 0 Å². The van der Waals surface area contributed by atoms with E-state index in [1.807, 2.05) is 91.0 Å². The average Bonchev–Trinajstić information content (AvgIpc) is 3.69. The number of aliphatic hydroxyl groups excluding tert-OH is 1. The lowest BCUT2D eigenvalue weighted by Crippen LogP contribution is -2.52. The van der Waals surface area contributed by atoms with Gasteiger partial charge >= 0.3 is 0 Å². The topological polar surface area (TPSA) is 118 Å². The Morgan fingerprint density at radius 3 is 2.20 bits per heavy atom. The van der Waals surface area contributed by atoms with Crippen LogP contribution in [-0.2, 0) is 39.4 Å². The first-order valence-electron chi connectivity index (χ1n) is 20.2. The van der Waals surface area contributed by atoms with Crippen molar-refractivity contribution in [2.45, 2.75) is 69.2 Å². The van der Waals surface area contributed by atoms with Gasteiger partial charge in [0.15, 0.2) is 5.60 Å². The van der Waals surface area contributed by atoms with Crippen molar-refractivity contribution in [2.75, 3.05) is 31.0 Å². The smallest absolute Gasteiger partial charge is 0.264 e. The molecule has 3 amide bonds. The van der Waals surface area contributed by atoms with E-state index in [9.17, 15) is 14.7 Å². The number of hydrogen-bond acceptors (Lipinski definition) is 7. The van der Waals surface area contributed by atoms with Crippen molar-refractivity contribution >= 4 is 42.4 Å². The van der Waals surface area contributed by atoms with Crippen LogP contribution in [0.15, 0.2) is 121 Å². The van der Waals surface area contributed by atoms with Crippen molar-refractivity contribution < 1.29 is 33.7 Å². The van der Waals surface area contributed by atoms with Gasteiger partial charge in [0.25, 0.3) is 11.8 Å². The molecule has 11 heteroatoms. The number of ether oxygens (including phenoxy) is 3. The minimum atomic E-state index is -2.55. The second-order valence-corrected chi connectivity index (χ2v) is 21.2. The van der Waals surface area contributed by atoms with Gasteiger partial charge < -0.3 is 34.4 Å². The fraction of sp³-hybridized carbons (Fsp3) is 0.312. The molecule has 5 aromatic rings. The van der Waals surface area contributed by atoms with Crippen molar-refractivity contribution in [3.63, 3.8) is 0 Å². The van der Waals surface area contributed by atoms with Crippen LogP contribution in [-0.4, -0.2) is 68.8 Å². The summed E-state index contributed by atoms with van der Waals surface area (Å²) in [7, 11) is 0.707. The predicted octanol–water partition coefficient (Wildman–Crippen LogP) is 7.05. The maximum Gasteiger partial charge on any atom is 0.264 e. The molecule has 3 aliphatic heterocycles. The van der Waals surface area contributed by atoms with E-state index < -0.39 is 19.8 Å². The average molecular weight is 810 g/mol. The van der Waals surface area contributed by atoms with Crippen LogP contribution in [0.3, 0.4) is 0 Å². The first-order chi connectivity index (χ1) is 28.5. The van der Waals surface area contributed by atoms with Gasteiger partial charge in [0.1, 0.15) is 11.5 Å². The first kappa shape index (κ1) is 40.0. The second-order valence-electron chi connectivity index (χ2n) is 16.5. The van der Waals surface area contributed by atoms with E-state index >= 15 is 4.79 Å². The molecular weight excluding hydrogens is 759 g/mol. The summed E-state index contributed by atoms with van der Waals surface area (Å²) in [4.78, 5) is 46.5. The van der Waals surface area contributed by atoms with Crippen molar-refractivity contribution in [3.05, 3.63) is 149 Å². The molecule has 0 radical (unpaired) electrons. The normalized spacial score (nSPS) is 22.2. The molecular formula is C48H51N3O7Si. The monoisotopic (exact) mass is 809 g/mol. The fourth-order valence-corrected chi connectivity index (χ4v) is 13.8. The van der Waals surface area contributed by atoms with Gasteiger partial charge in [-0.25, -0.2) is 0 Å². The van der Waals surface area contributed by atoms with Crippen molar-refractivity contribution in [2.24, 2.45) is 5.92 Å². The first-order valence-corrected chi connectivity index (χ1v) is 23.3. The number of fused-ring (bicyclic) bond motifs is 3. The third-order valence-electron chi connectivity index (χ3n) is 12.9. The highest BCUT2D eigenvalue weighted by atomic mass is 28.3. The Labute approximate surface area is 346 Å². The zero-order valence-electron chi connectivity index (χ0n) is 34.2. The van der Waals surface area contributed by atoms with E-state index in [1.54, 1.807) is 36.2 Å². The highest BCUT2D eigenvalue weighted by Crippen LogP contribution is 2.60.